The Morgan fingerprint density at radius 1 is 1.24 bits per heavy atom. The highest BCUT2D eigenvalue weighted by molar-refractivity contribution is 5.86. The molecule has 25 heavy (non-hydrogen) atoms. The van der Waals surface area contributed by atoms with Crippen molar-refractivity contribution in [1.29, 1.82) is 5.26 Å². The minimum absolute atomic E-state index is 0.0979. The number of aryl methyl sites for hydroxylation is 1. The first-order valence-corrected chi connectivity index (χ1v) is 7.98. The number of nitrogens with one attached hydrogen (secondary N) is 1. The highest BCUT2D eigenvalue weighted by atomic mass is 19.1. The minimum Gasteiger partial charge on any atom is -0.369 e. The van der Waals surface area contributed by atoms with Crippen molar-refractivity contribution in [2.45, 2.75) is 25.9 Å². The van der Waals surface area contributed by atoms with E-state index in [0.29, 0.717) is 19.5 Å². The van der Waals surface area contributed by atoms with Gasteiger partial charge in [-0.15, -0.1) is 0 Å². The van der Waals surface area contributed by atoms with Gasteiger partial charge in [-0.2, -0.15) is 5.26 Å². The molecule has 1 fully saturated rings. The fraction of sp³-hybridized carbons (Fsp3) is 0.263. The number of hydrogen-bond acceptors (Lipinski definition) is 3. The van der Waals surface area contributed by atoms with E-state index in [-0.39, 0.29) is 17.2 Å². The lowest BCUT2D eigenvalue weighted by Gasteiger charge is -2.18. The first-order chi connectivity index (χ1) is 12.0. The van der Waals surface area contributed by atoms with E-state index in [4.69, 9.17) is 5.26 Å². The molecule has 0 aliphatic carbocycles. The van der Waals surface area contributed by atoms with Crippen LogP contribution < -0.4 is 5.32 Å². The van der Waals surface area contributed by atoms with Crippen molar-refractivity contribution in [2.75, 3.05) is 11.9 Å². The van der Waals surface area contributed by atoms with Crippen molar-refractivity contribution in [2.24, 2.45) is 0 Å². The molecule has 1 unspecified atom stereocenters. The molecule has 1 aliphatic heterocycles. The Labute approximate surface area is 144 Å². The van der Waals surface area contributed by atoms with Crippen LogP contribution in [0.25, 0.3) is 0 Å². The van der Waals surface area contributed by atoms with Gasteiger partial charge in [-0.25, -0.2) is 8.78 Å². The molecule has 3 rings (SSSR count). The van der Waals surface area contributed by atoms with Crippen molar-refractivity contribution in [1.82, 2.24) is 4.90 Å². The summed E-state index contributed by atoms with van der Waals surface area (Å²) >= 11 is 0. The third kappa shape index (κ3) is 3.61. The van der Waals surface area contributed by atoms with Gasteiger partial charge in [-0.05, 0) is 31.0 Å². The van der Waals surface area contributed by atoms with Gasteiger partial charge in [0.05, 0.1) is 11.6 Å². The van der Waals surface area contributed by atoms with Gasteiger partial charge < -0.3 is 10.2 Å². The number of nitriles is 1. The van der Waals surface area contributed by atoms with Gasteiger partial charge in [0.2, 0.25) is 5.91 Å². The fourth-order valence-corrected chi connectivity index (χ4v) is 2.89. The lowest BCUT2D eigenvalue weighted by Crippen LogP contribution is -2.33. The smallest absolute Gasteiger partial charge is 0.245 e. The van der Waals surface area contributed by atoms with Crippen LogP contribution in [0.4, 0.5) is 14.5 Å². The molecule has 1 N–H and O–H groups in total. The van der Waals surface area contributed by atoms with Crippen molar-refractivity contribution in [3.05, 3.63) is 64.7 Å². The lowest BCUT2D eigenvalue weighted by molar-refractivity contribution is -0.128. The van der Waals surface area contributed by atoms with Crippen LogP contribution in [-0.2, 0) is 11.3 Å². The van der Waals surface area contributed by atoms with Crippen LogP contribution in [-0.4, -0.2) is 23.4 Å². The van der Waals surface area contributed by atoms with Gasteiger partial charge in [0, 0.05) is 13.1 Å². The molecule has 0 aromatic heterocycles. The maximum absolute atomic E-state index is 14.0. The number of carbonyl (C=O) groups is 1. The second-order valence-electron chi connectivity index (χ2n) is 6.16. The molecular formula is C19H17F2N3O. The minimum atomic E-state index is -0.874. The molecule has 1 aliphatic rings. The summed E-state index contributed by atoms with van der Waals surface area (Å²) in [7, 11) is 0. The Morgan fingerprint density at radius 2 is 1.88 bits per heavy atom. The highest BCUT2D eigenvalue weighted by Gasteiger charge is 2.32. The largest absolute Gasteiger partial charge is 0.369 e. The van der Waals surface area contributed by atoms with E-state index < -0.39 is 17.7 Å². The van der Waals surface area contributed by atoms with Gasteiger partial charge >= 0.3 is 0 Å². The predicted molar refractivity (Wildman–Crippen MR) is 89.7 cm³/mol. The number of anilines is 1. The first-order valence-electron chi connectivity index (χ1n) is 7.98. The summed E-state index contributed by atoms with van der Waals surface area (Å²) < 4.78 is 28.0. The Kier molecular flexibility index (Phi) is 4.66. The third-order valence-electron chi connectivity index (χ3n) is 4.28. The van der Waals surface area contributed by atoms with E-state index in [1.165, 1.54) is 0 Å². The first kappa shape index (κ1) is 16.9. The zero-order chi connectivity index (χ0) is 18.0. The molecule has 1 atom stereocenters. The Morgan fingerprint density at radius 3 is 2.48 bits per heavy atom. The average Bonchev–Trinajstić information content (AvgIpc) is 2.93. The van der Waals surface area contributed by atoms with Crippen molar-refractivity contribution in [3.63, 3.8) is 0 Å². The molecule has 1 amide bonds. The summed E-state index contributed by atoms with van der Waals surface area (Å²) in [5.74, 6) is -1.94. The van der Waals surface area contributed by atoms with Crippen LogP contribution in [0.3, 0.4) is 0 Å². The standard InChI is InChI=1S/C19H17F2N3O/c1-12-2-4-13(5-3-12)11-24-7-6-17(19(24)25)23-18-15(20)8-14(10-22)9-16(18)21/h2-5,8-9,17,23H,6-7,11H2,1H3. The van der Waals surface area contributed by atoms with Gasteiger partial charge in [0.15, 0.2) is 11.6 Å². The molecule has 6 heteroatoms. The van der Waals surface area contributed by atoms with E-state index in [2.05, 4.69) is 5.32 Å². The SMILES string of the molecule is Cc1ccc(CN2CCC(Nc3c(F)cc(C#N)cc3F)C2=O)cc1. The molecule has 0 saturated carbocycles. The van der Waals surface area contributed by atoms with Gasteiger partial charge in [-0.3, -0.25) is 4.79 Å². The number of rotatable bonds is 4. The predicted octanol–water partition coefficient (Wildman–Crippen LogP) is 3.36. The van der Waals surface area contributed by atoms with Crippen LogP contribution in [0, 0.1) is 29.9 Å². The molecule has 0 radical (unpaired) electrons. The normalized spacial score (nSPS) is 16.8. The molecule has 2 aromatic carbocycles. The van der Waals surface area contributed by atoms with E-state index in [9.17, 15) is 13.6 Å². The molecule has 1 heterocycles. The molecule has 1 saturated heterocycles. The molecule has 2 aromatic rings. The number of benzene rings is 2. The Hall–Kier alpha value is -2.94. The van der Waals surface area contributed by atoms with Gasteiger partial charge in [0.25, 0.3) is 0 Å². The summed E-state index contributed by atoms with van der Waals surface area (Å²) in [6, 6.07) is 10.8. The number of carbonyl (C=O) groups excluding carboxylic acids is 1. The molecular weight excluding hydrogens is 324 g/mol. The molecule has 128 valence electrons. The number of nitrogens with zero attached hydrogens (tertiary/aromatic N) is 2. The zero-order valence-corrected chi connectivity index (χ0v) is 13.7. The fourth-order valence-electron chi connectivity index (χ4n) is 2.89. The summed E-state index contributed by atoms with van der Waals surface area (Å²) in [5.41, 5.74) is 1.69. The van der Waals surface area contributed by atoms with E-state index >= 15 is 0 Å². The Balaban J connectivity index is 1.70. The average molecular weight is 341 g/mol. The van der Waals surface area contributed by atoms with Crippen molar-refractivity contribution < 1.29 is 13.6 Å². The lowest BCUT2D eigenvalue weighted by atomic mass is 10.1. The maximum atomic E-state index is 14.0. The molecule has 4 nitrogen and oxygen atoms in total. The van der Waals surface area contributed by atoms with E-state index in [1.54, 1.807) is 11.0 Å². The van der Waals surface area contributed by atoms with E-state index in [0.717, 1.165) is 23.3 Å². The maximum Gasteiger partial charge on any atom is 0.245 e. The summed E-state index contributed by atoms with van der Waals surface area (Å²) in [4.78, 5) is 14.2. The van der Waals surface area contributed by atoms with Gasteiger partial charge in [-0.1, -0.05) is 29.8 Å². The molecule has 0 bridgehead atoms. The topological polar surface area (TPSA) is 56.1 Å². The number of amides is 1. The highest BCUT2D eigenvalue weighted by Crippen LogP contribution is 2.25. The summed E-state index contributed by atoms with van der Waals surface area (Å²) in [6.07, 6.45) is 0.462. The number of hydrogen-bond donors (Lipinski definition) is 1. The van der Waals surface area contributed by atoms with Crippen LogP contribution in [0.1, 0.15) is 23.1 Å². The van der Waals surface area contributed by atoms with Crippen LogP contribution >= 0.6 is 0 Å². The second-order valence-corrected chi connectivity index (χ2v) is 6.16. The number of halogens is 2. The van der Waals surface area contributed by atoms with E-state index in [1.807, 2.05) is 31.2 Å². The monoisotopic (exact) mass is 341 g/mol. The van der Waals surface area contributed by atoms with Crippen LogP contribution in [0.15, 0.2) is 36.4 Å². The third-order valence-corrected chi connectivity index (χ3v) is 4.28. The Bertz CT molecular complexity index is 820. The van der Waals surface area contributed by atoms with Gasteiger partial charge in [0.1, 0.15) is 11.7 Å². The summed E-state index contributed by atoms with van der Waals surface area (Å²) in [5, 5.41) is 11.4. The zero-order valence-electron chi connectivity index (χ0n) is 13.7. The molecule has 0 spiro atoms. The quantitative estimate of drug-likeness (QED) is 0.928. The second kappa shape index (κ2) is 6.89. The van der Waals surface area contributed by atoms with Crippen LogP contribution in [0.2, 0.25) is 0 Å². The summed E-state index contributed by atoms with van der Waals surface area (Å²) in [6.45, 7) is 2.98. The van der Waals surface area contributed by atoms with Crippen molar-refractivity contribution >= 4 is 11.6 Å². The van der Waals surface area contributed by atoms with Crippen molar-refractivity contribution in [3.8, 4) is 6.07 Å². The van der Waals surface area contributed by atoms with Crippen LogP contribution in [0.5, 0.6) is 0 Å². The number of likely N-dealkylation sites (tertiary alicyclic amines) is 1.